The van der Waals surface area contributed by atoms with Gasteiger partial charge in [-0.05, 0) is 62.1 Å². The van der Waals surface area contributed by atoms with Crippen LogP contribution in [0.4, 0.5) is 0 Å². The van der Waals surface area contributed by atoms with E-state index >= 15 is 0 Å². The topological polar surface area (TPSA) is 79.4 Å². The highest BCUT2D eigenvalue weighted by atomic mass is 32.2. The summed E-state index contributed by atoms with van der Waals surface area (Å²) in [6.07, 6.45) is 1.95. The summed E-state index contributed by atoms with van der Waals surface area (Å²) in [5, 5.41) is 0.956. The Morgan fingerprint density at radius 2 is 2.00 bits per heavy atom. The maximum absolute atomic E-state index is 12.8. The van der Waals surface area contributed by atoms with Gasteiger partial charge in [-0.25, -0.2) is 18.1 Å². The van der Waals surface area contributed by atoms with Crippen LogP contribution in [0, 0.1) is 13.8 Å². The van der Waals surface area contributed by atoms with Gasteiger partial charge in [0.25, 0.3) is 0 Å². The number of hydrogen-bond donors (Lipinski definition) is 1. The molecule has 158 valence electrons. The zero-order valence-corrected chi connectivity index (χ0v) is 18.7. The molecule has 4 rings (SSSR count). The van der Waals surface area contributed by atoms with Crippen LogP contribution in [0.3, 0.4) is 0 Å². The summed E-state index contributed by atoms with van der Waals surface area (Å²) in [6, 6.07) is 13.0. The van der Waals surface area contributed by atoms with Crippen molar-refractivity contribution >= 4 is 37.5 Å². The molecule has 1 amide bonds. The highest BCUT2D eigenvalue weighted by molar-refractivity contribution is 7.89. The summed E-state index contributed by atoms with van der Waals surface area (Å²) in [5.74, 6) is -0.0421. The van der Waals surface area contributed by atoms with Crippen LogP contribution in [0.1, 0.15) is 41.4 Å². The predicted octanol–water partition coefficient (Wildman–Crippen LogP) is 3.95. The Labute approximate surface area is 181 Å². The molecule has 1 atom stereocenters. The fraction of sp³-hybridized carbons (Fsp3) is 0.364. The lowest BCUT2D eigenvalue weighted by molar-refractivity contribution is -0.131. The van der Waals surface area contributed by atoms with Crippen LogP contribution < -0.4 is 4.72 Å². The average molecular weight is 444 g/mol. The second-order valence-electron chi connectivity index (χ2n) is 7.66. The van der Waals surface area contributed by atoms with E-state index < -0.39 is 10.0 Å². The van der Waals surface area contributed by atoms with Gasteiger partial charge in [-0.1, -0.05) is 18.2 Å². The summed E-state index contributed by atoms with van der Waals surface area (Å²) in [4.78, 5) is 19.6. The van der Waals surface area contributed by atoms with Gasteiger partial charge < -0.3 is 4.90 Å². The molecule has 6 nitrogen and oxygen atoms in total. The molecule has 2 heterocycles. The van der Waals surface area contributed by atoms with Crippen molar-refractivity contribution in [1.82, 2.24) is 14.6 Å². The summed E-state index contributed by atoms with van der Waals surface area (Å²) in [7, 11) is -3.63. The molecule has 0 unspecified atom stereocenters. The number of nitrogens with one attached hydrogen (secondary N) is 1. The van der Waals surface area contributed by atoms with Crippen molar-refractivity contribution in [3.05, 3.63) is 58.6 Å². The number of likely N-dealkylation sites (tertiary alicyclic amines) is 1. The Morgan fingerprint density at radius 1 is 1.20 bits per heavy atom. The zero-order valence-electron chi connectivity index (χ0n) is 17.1. The van der Waals surface area contributed by atoms with Gasteiger partial charge in [0.2, 0.25) is 15.9 Å². The molecule has 0 saturated carbocycles. The number of nitrogens with zero attached hydrogens (tertiary/aromatic N) is 2. The fourth-order valence-corrected chi connectivity index (χ4v) is 5.99. The van der Waals surface area contributed by atoms with Crippen molar-refractivity contribution in [2.45, 2.75) is 44.0 Å². The van der Waals surface area contributed by atoms with Crippen molar-refractivity contribution in [3.8, 4) is 0 Å². The van der Waals surface area contributed by atoms with Gasteiger partial charge >= 0.3 is 0 Å². The van der Waals surface area contributed by atoms with E-state index in [9.17, 15) is 13.2 Å². The van der Waals surface area contributed by atoms with Gasteiger partial charge in [-0.3, -0.25) is 4.79 Å². The van der Waals surface area contributed by atoms with Crippen molar-refractivity contribution in [3.63, 3.8) is 0 Å². The van der Waals surface area contributed by atoms with Crippen molar-refractivity contribution < 1.29 is 13.2 Å². The van der Waals surface area contributed by atoms with Crippen LogP contribution in [0.25, 0.3) is 10.2 Å². The molecule has 1 aliphatic heterocycles. The Kier molecular flexibility index (Phi) is 5.90. The Bertz CT molecular complexity index is 1150. The van der Waals surface area contributed by atoms with Crippen molar-refractivity contribution in [2.24, 2.45) is 0 Å². The number of sulfonamides is 1. The van der Waals surface area contributed by atoms with E-state index in [0.29, 0.717) is 6.54 Å². The molecular weight excluding hydrogens is 418 g/mol. The van der Waals surface area contributed by atoms with Gasteiger partial charge in [-0.2, -0.15) is 0 Å². The fourth-order valence-electron chi connectivity index (χ4n) is 3.75. The molecule has 0 radical (unpaired) electrons. The number of rotatable bonds is 6. The minimum absolute atomic E-state index is 0.0220. The third-order valence-corrected chi connectivity index (χ3v) is 8.18. The Morgan fingerprint density at radius 3 is 2.77 bits per heavy atom. The Hall–Kier alpha value is -2.29. The van der Waals surface area contributed by atoms with Gasteiger partial charge in [0, 0.05) is 19.5 Å². The van der Waals surface area contributed by atoms with E-state index in [1.165, 1.54) is 0 Å². The molecule has 1 N–H and O–H groups in total. The third kappa shape index (κ3) is 4.26. The quantitative estimate of drug-likeness (QED) is 0.626. The molecule has 1 aromatic heterocycles. The molecule has 30 heavy (non-hydrogen) atoms. The summed E-state index contributed by atoms with van der Waals surface area (Å²) in [5.41, 5.74) is 2.92. The highest BCUT2D eigenvalue weighted by Gasteiger charge is 2.32. The Balaban J connectivity index is 1.40. The molecule has 0 bridgehead atoms. The molecule has 1 fully saturated rings. The maximum Gasteiger partial charge on any atom is 0.240 e. The molecular formula is C22H25N3O3S2. The normalized spacial score (nSPS) is 17.0. The number of thiazole rings is 1. The van der Waals surface area contributed by atoms with Gasteiger partial charge in [0.05, 0.1) is 21.2 Å². The van der Waals surface area contributed by atoms with E-state index in [1.54, 1.807) is 29.5 Å². The monoisotopic (exact) mass is 443 g/mol. The van der Waals surface area contributed by atoms with Crippen LogP contribution in [0.2, 0.25) is 0 Å². The van der Waals surface area contributed by atoms with Crippen molar-refractivity contribution in [2.75, 3.05) is 13.1 Å². The number of amides is 1. The first-order valence-electron chi connectivity index (χ1n) is 10.1. The third-order valence-electron chi connectivity index (χ3n) is 5.59. The predicted molar refractivity (Wildman–Crippen MR) is 119 cm³/mol. The van der Waals surface area contributed by atoms with E-state index in [0.717, 1.165) is 39.2 Å². The standard InChI is InChI=1S/C22H25N3O3S2/c1-15-9-10-17(14-16(15)2)30(27,28)23-12-11-21(26)25-13-5-7-19(25)22-24-18-6-3-4-8-20(18)29-22/h3-4,6,8-10,14,19,23H,5,7,11-13H2,1-2H3/t19-/m1/s1. The number of fused-ring (bicyclic) bond motifs is 1. The van der Waals surface area contributed by atoms with Gasteiger partial charge in [0.15, 0.2) is 0 Å². The lowest BCUT2D eigenvalue weighted by Gasteiger charge is -2.23. The van der Waals surface area contributed by atoms with Crippen LogP contribution in [-0.2, 0) is 14.8 Å². The lowest BCUT2D eigenvalue weighted by atomic mass is 10.1. The minimum Gasteiger partial charge on any atom is -0.333 e. The van der Waals surface area contributed by atoms with E-state index in [4.69, 9.17) is 4.98 Å². The second-order valence-corrected chi connectivity index (χ2v) is 10.5. The summed E-state index contributed by atoms with van der Waals surface area (Å²) in [6.45, 7) is 4.59. The minimum atomic E-state index is -3.63. The number of aromatic nitrogens is 1. The summed E-state index contributed by atoms with van der Waals surface area (Å²) < 4.78 is 28.8. The van der Waals surface area contributed by atoms with E-state index in [1.807, 2.05) is 43.0 Å². The first kappa shape index (κ1) is 21.0. The van der Waals surface area contributed by atoms with E-state index in [-0.39, 0.29) is 29.8 Å². The molecule has 2 aromatic carbocycles. The molecule has 0 aliphatic carbocycles. The number of carbonyl (C=O) groups excluding carboxylic acids is 1. The van der Waals surface area contributed by atoms with Crippen LogP contribution in [0.5, 0.6) is 0 Å². The smallest absolute Gasteiger partial charge is 0.240 e. The number of para-hydroxylation sites is 1. The number of carbonyl (C=O) groups is 1. The van der Waals surface area contributed by atoms with Gasteiger partial charge in [0.1, 0.15) is 5.01 Å². The van der Waals surface area contributed by atoms with Crippen LogP contribution >= 0.6 is 11.3 Å². The maximum atomic E-state index is 12.8. The highest BCUT2D eigenvalue weighted by Crippen LogP contribution is 2.36. The molecule has 0 spiro atoms. The van der Waals surface area contributed by atoms with Gasteiger partial charge in [-0.15, -0.1) is 11.3 Å². The zero-order chi connectivity index (χ0) is 21.3. The molecule has 8 heteroatoms. The second kappa shape index (κ2) is 8.45. The van der Waals surface area contributed by atoms with E-state index in [2.05, 4.69) is 4.72 Å². The molecule has 1 aliphatic rings. The number of aryl methyl sites for hydroxylation is 2. The molecule has 3 aromatic rings. The largest absolute Gasteiger partial charge is 0.333 e. The van der Waals surface area contributed by atoms with Crippen molar-refractivity contribution in [1.29, 1.82) is 0 Å². The number of hydrogen-bond acceptors (Lipinski definition) is 5. The lowest BCUT2D eigenvalue weighted by Crippen LogP contribution is -2.34. The van der Waals surface area contributed by atoms with Crippen LogP contribution in [0.15, 0.2) is 47.4 Å². The SMILES string of the molecule is Cc1ccc(S(=O)(=O)NCCC(=O)N2CCC[C@@H]2c2nc3ccccc3s2)cc1C. The average Bonchev–Trinajstić information content (AvgIpc) is 3.36. The first-order chi connectivity index (χ1) is 14.3. The summed E-state index contributed by atoms with van der Waals surface area (Å²) >= 11 is 1.63. The van der Waals surface area contributed by atoms with Crippen LogP contribution in [-0.4, -0.2) is 37.3 Å². The first-order valence-corrected chi connectivity index (χ1v) is 12.4. The number of benzene rings is 2. The molecule has 1 saturated heterocycles.